The van der Waals surface area contributed by atoms with E-state index in [0.717, 1.165) is 19.6 Å². The van der Waals surface area contributed by atoms with E-state index in [-0.39, 0.29) is 18.8 Å². The molecular formula is C14H26N2O2. The van der Waals surface area contributed by atoms with E-state index in [9.17, 15) is 0 Å². The largest absolute Gasteiger partial charge is 0.394 e. The van der Waals surface area contributed by atoms with Gasteiger partial charge in [-0.25, -0.2) is 0 Å². The van der Waals surface area contributed by atoms with Crippen LogP contribution in [0.1, 0.15) is 13.8 Å². The SMILES string of the molecule is C=CC(CO)N1CC1C.C=CC(O)CN1CC1C. The number of nitrogens with zero attached hydrogens (tertiary/aromatic N) is 2. The number of hydrogen-bond donors (Lipinski definition) is 2. The molecule has 104 valence electrons. The van der Waals surface area contributed by atoms with Crippen LogP contribution in [0.3, 0.4) is 0 Å². The summed E-state index contributed by atoms with van der Waals surface area (Å²) in [4.78, 5) is 4.40. The maximum Gasteiger partial charge on any atom is 0.0845 e. The number of hydrogen-bond acceptors (Lipinski definition) is 4. The minimum Gasteiger partial charge on any atom is -0.394 e. The van der Waals surface area contributed by atoms with Crippen molar-refractivity contribution < 1.29 is 10.2 Å². The summed E-state index contributed by atoms with van der Waals surface area (Å²) >= 11 is 0. The van der Waals surface area contributed by atoms with Crippen LogP contribution in [0.5, 0.6) is 0 Å². The predicted molar refractivity (Wildman–Crippen MR) is 74.5 cm³/mol. The first kappa shape index (κ1) is 15.4. The molecule has 6 unspecified atom stereocenters. The summed E-state index contributed by atoms with van der Waals surface area (Å²) in [7, 11) is 0. The standard InChI is InChI=1S/2C7H13NO/c1-3-7(5-9)8-4-6(8)2;1-3-7(9)5-8-4-6(8)2/h2*3,6-7,9H,1,4-5H2,2H3. The molecule has 2 rings (SSSR count). The van der Waals surface area contributed by atoms with Gasteiger partial charge >= 0.3 is 0 Å². The topological polar surface area (TPSA) is 46.5 Å². The number of aliphatic hydroxyl groups excluding tert-OH is 2. The highest BCUT2D eigenvalue weighted by atomic mass is 16.3. The number of β-amino-alcohol motifs (C(OH)–C–C–N with tert-alkyl or cyclic N) is 1. The lowest BCUT2D eigenvalue weighted by molar-refractivity contribution is 0.196. The van der Waals surface area contributed by atoms with Gasteiger partial charge < -0.3 is 10.2 Å². The lowest BCUT2D eigenvalue weighted by atomic mass is 10.3. The molecule has 0 aromatic carbocycles. The van der Waals surface area contributed by atoms with E-state index in [1.165, 1.54) is 0 Å². The van der Waals surface area contributed by atoms with Crippen LogP contribution in [0.25, 0.3) is 0 Å². The van der Waals surface area contributed by atoms with Gasteiger partial charge in [-0.3, -0.25) is 9.80 Å². The van der Waals surface area contributed by atoms with E-state index >= 15 is 0 Å². The Kier molecular flexibility index (Phi) is 6.02. The van der Waals surface area contributed by atoms with Gasteiger partial charge in [0.1, 0.15) is 0 Å². The molecule has 4 nitrogen and oxygen atoms in total. The van der Waals surface area contributed by atoms with Crippen molar-refractivity contribution in [2.75, 3.05) is 26.2 Å². The molecule has 2 saturated heterocycles. The van der Waals surface area contributed by atoms with Crippen LogP contribution in [-0.2, 0) is 0 Å². The van der Waals surface area contributed by atoms with Crippen molar-refractivity contribution in [3.05, 3.63) is 25.3 Å². The van der Waals surface area contributed by atoms with Crippen molar-refractivity contribution in [1.29, 1.82) is 0 Å². The van der Waals surface area contributed by atoms with Crippen LogP contribution in [-0.4, -0.2) is 70.5 Å². The van der Waals surface area contributed by atoms with Crippen LogP contribution in [0, 0.1) is 0 Å². The van der Waals surface area contributed by atoms with Crippen molar-refractivity contribution in [2.24, 2.45) is 0 Å². The fraction of sp³-hybridized carbons (Fsp3) is 0.714. The van der Waals surface area contributed by atoms with Gasteiger partial charge in [0.25, 0.3) is 0 Å². The third kappa shape index (κ3) is 4.90. The second kappa shape index (κ2) is 7.04. The maximum absolute atomic E-state index is 9.03. The molecule has 2 heterocycles. The van der Waals surface area contributed by atoms with Crippen molar-refractivity contribution in [3.8, 4) is 0 Å². The Bertz CT molecular complexity index is 283. The Morgan fingerprint density at radius 1 is 1.22 bits per heavy atom. The zero-order chi connectivity index (χ0) is 13.7. The van der Waals surface area contributed by atoms with Crippen molar-refractivity contribution >= 4 is 0 Å². The molecule has 0 aliphatic carbocycles. The van der Waals surface area contributed by atoms with E-state index in [1.807, 2.05) is 0 Å². The zero-order valence-electron chi connectivity index (χ0n) is 11.5. The second-order valence-electron chi connectivity index (χ2n) is 5.14. The molecule has 0 aromatic rings. The summed E-state index contributed by atoms with van der Waals surface area (Å²) in [6, 6.07) is 1.53. The lowest BCUT2D eigenvalue weighted by Gasteiger charge is -2.08. The summed E-state index contributed by atoms with van der Waals surface area (Å²) in [5.74, 6) is 0. The van der Waals surface area contributed by atoms with Gasteiger partial charge in [0.15, 0.2) is 0 Å². The highest BCUT2D eigenvalue weighted by Crippen LogP contribution is 2.20. The third-order valence-electron chi connectivity index (χ3n) is 3.47. The molecule has 2 fully saturated rings. The highest BCUT2D eigenvalue weighted by molar-refractivity contribution is 4.98. The Morgan fingerprint density at radius 2 is 1.78 bits per heavy atom. The first-order valence-electron chi connectivity index (χ1n) is 6.57. The number of aliphatic hydroxyl groups is 2. The molecule has 0 saturated carbocycles. The summed E-state index contributed by atoms with van der Waals surface area (Å²) < 4.78 is 0. The van der Waals surface area contributed by atoms with Gasteiger partial charge in [-0.2, -0.15) is 0 Å². The molecule has 2 aliphatic rings. The summed E-state index contributed by atoms with van der Waals surface area (Å²) in [6.45, 7) is 14.6. The molecule has 0 radical (unpaired) electrons. The smallest absolute Gasteiger partial charge is 0.0845 e. The van der Waals surface area contributed by atoms with E-state index < -0.39 is 0 Å². The van der Waals surface area contributed by atoms with Crippen molar-refractivity contribution in [3.63, 3.8) is 0 Å². The van der Waals surface area contributed by atoms with Gasteiger partial charge in [-0.05, 0) is 13.8 Å². The van der Waals surface area contributed by atoms with Gasteiger partial charge in [0, 0.05) is 31.7 Å². The molecule has 0 aromatic heterocycles. The fourth-order valence-corrected chi connectivity index (χ4v) is 1.90. The fourth-order valence-electron chi connectivity index (χ4n) is 1.90. The van der Waals surface area contributed by atoms with Crippen molar-refractivity contribution in [2.45, 2.75) is 38.1 Å². The van der Waals surface area contributed by atoms with Crippen molar-refractivity contribution in [1.82, 2.24) is 9.80 Å². The van der Waals surface area contributed by atoms with Crippen LogP contribution in [0.15, 0.2) is 25.3 Å². The summed E-state index contributed by atoms with van der Waals surface area (Å²) in [5, 5.41) is 17.8. The second-order valence-corrected chi connectivity index (χ2v) is 5.14. The monoisotopic (exact) mass is 254 g/mol. The maximum atomic E-state index is 9.03. The summed E-state index contributed by atoms with van der Waals surface area (Å²) in [5.41, 5.74) is 0. The molecule has 6 atom stereocenters. The van der Waals surface area contributed by atoms with Gasteiger partial charge in [-0.1, -0.05) is 12.2 Å². The minimum absolute atomic E-state index is 0.194. The Morgan fingerprint density at radius 3 is 2.00 bits per heavy atom. The molecule has 0 bridgehead atoms. The Hall–Kier alpha value is -0.680. The minimum atomic E-state index is -0.338. The van der Waals surface area contributed by atoms with Gasteiger partial charge in [0.2, 0.25) is 0 Å². The van der Waals surface area contributed by atoms with E-state index in [0.29, 0.717) is 12.1 Å². The lowest BCUT2D eigenvalue weighted by Crippen LogP contribution is -2.21. The first-order valence-corrected chi connectivity index (χ1v) is 6.57. The van der Waals surface area contributed by atoms with E-state index in [4.69, 9.17) is 10.2 Å². The zero-order valence-corrected chi connectivity index (χ0v) is 11.5. The van der Waals surface area contributed by atoms with Crippen LogP contribution < -0.4 is 0 Å². The quantitative estimate of drug-likeness (QED) is 0.534. The van der Waals surface area contributed by atoms with Crippen LogP contribution in [0.2, 0.25) is 0 Å². The molecular weight excluding hydrogens is 228 g/mol. The third-order valence-corrected chi connectivity index (χ3v) is 3.47. The van der Waals surface area contributed by atoms with Crippen LogP contribution in [0.4, 0.5) is 0 Å². The average molecular weight is 254 g/mol. The Balaban J connectivity index is 0.000000180. The average Bonchev–Trinajstić information content (AvgIpc) is 3.23. The molecule has 4 heteroatoms. The Labute approximate surface area is 110 Å². The predicted octanol–water partition coefficient (Wildman–Crippen LogP) is 0.475. The first-order chi connectivity index (χ1) is 8.53. The van der Waals surface area contributed by atoms with E-state index in [2.05, 4.69) is 36.8 Å². The van der Waals surface area contributed by atoms with E-state index in [1.54, 1.807) is 12.2 Å². The molecule has 2 aliphatic heterocycles. The van der Waals surface area contributed by atoms with Gasteiger partial charge in [0.05, 0.1) is 18.8 Å². The highest BCUT2D eigenvalue weighted by Gasteiger charge is 2.33. The molecule has 0 amide bonds. The summed E-state index contributed by atoms with van der Waals surface area (Å²) in [6.07, 6.45) is 3.03. The number of rotatable bonds is 6. The molecule has 18 heavy (non-hydrogen) atoms. The molecule has 0 spiro atoms. The normalized spacial score (nSPS) is 35.8. The van der Waals surface area contributed by atoms with Gasteiger partial charge in [-0.15, -0.1) is 13.2 Å². The molecule has 2 N–H and O–H groups in total. The van der Waals surface area contributed by atoms with Crippen LogP contribution >= 0.6 is 0 Å².